The number of benzene rings is 1. The molecule has 0 bridgehead atoms. The number of aliphatic imine (C=N–C) groups is 1. The molecule has 21 heavy (non-hydrogen) atoms. The Morgan fingerprint density at radius 1 is 1.14 bits per heavy atom. The predicted molar refractivity (Wildman–Crippen MR) is 90.3 cm³/mol. The molecule has 1 aromatic carbocycles. The van der Waals surface area contributed by atoms with Crippen molar-refractivity contribution in [1.82, 2.24) is 10.6 Å². The number of halogens is 4. The van der Waals surface area contributed by atoms with Crippen LogP contribution in [0.3, 0.4) is 0 Å². The summed E-state index contributed by atoms with van der Waals surface area (Å²) in [7, 11) is 1.54. The van der Waals surface area contributed by atoms with E-state index in [1.54, 1.807) is 0 Å². The molecule has 0 atom stereocenters. The molecule has 0 saturated heterocycles. The standard InChI is InChI=1S/C14H20F3N3.HI/c1-11-5-3-4-6-12(11)7-9-19-13(18-2)20-10-8-14(15,16)17;/h3-6H,7-10H2,1-2H3,(H2,18,19,20);1H. The van der Waals surface area contributed by atoms with E-state index in [-0.39, 0.29) is 30.5 Å². The summed E-state index contributed by atoms with van der Waals surface area (Å²) in [5, 5.41) is 5.65. The second-order valence-corrected chi connectivity index (χ2v) is 4.47. The Balaban J connectivity index is 0.00000400. The summed E-state index contributed by atoms with van der Waals surface area (Å²) in [6, 6.07) is 8.02. The van der Waals surface area contributed by atoms with E-state index in [0.29, 0.717) is 12.5 Å². The van der Waals surface area contributed by atoms with Crippen LogP contribution in [0, 0.1) is 6.92 Å². The molecular weight excluding hydrogens is 394 g/mol. The molecule has 0 spiro atoms. The zero-order valence-corrected chi connectivity index (χ0v) is 14.5. The summed E-state index contributed by atoms with van der Waals surface area (Å²) in [6.07, 6.45) is -4.22. The van der Waals surface area contributed by atoms with E-state index in [9.17, 15) is 13.2 Å². The molecule has 1 rings (SSSR count). The van der Waals surface area contributed by atoms with E-state index in [1.165, 1.54) is 18.2 Å². The molecule has 0 saturated carbocycles. The third-order valence-electron chi connectivity index (χ3n) is 2.87. The Morgan fingerprint density at radius 2 is 1.76 bits per heavy atom. The van der Waals surface area contributed by atoms with Crippen molar-refractivity contribution < 1.29 is 13.2 Å². The van der Waals surface area contributed by atoms with Gasteiger partial charge in [-0.15, -0.1) is 24.0 Å². The molecule has 0 heterocycles. The number of alkyl halides is 3. The van der Waals surface area contributed by atoms with Crippen LogP contribution in [0.5, 0.6) is 0 Å². The fraction of sp³-hybridized carbons (Fsp3) is 0.500. The van der Waals surface area contributed by atoms with Gasteiger partial charge in [0.05, 0.1) is 6.42 Å². The van der Waals surface area contributed by atoms with Crippen molar-refractivity contribution in [3.05, 3.63) is 35.4 Å². The number of aryl methyl sites for hydroxylation is 1. The topological polar surface area (TPSA) is 36.4 Å². The number of guanidine groups is 1. The zero-order chi connectivity index (χ0) is 15.0. The van der Waals surface area contributed by atoms with Gasteiger partial charge in [0.1, 0.15) is 0 Å². The molecule has 0 radical (unpaired) electrons. The first-order valence-corrected chi connectivity index (χ1v) is 6.48. The van der Waals surface area contributed by atoms with Gasteiger partial charge in [-0.3, -0.25) is 4.99 Å². The predicted octanol–water partition coefficient (Wildman–Crippen LogP) is 3.27. The van der Waals surface area contributed by atoms with Crippen LogP contribution in [0.2, 0.25) is 0 Å². The third kappa shape index (κ3) is 8.79. The van der Waals surface area contributed by atoms with Crippen LogP contribution in [0.4, 0.5) is 13.2 Å². The summed E-state index contributed by atoms with van der Waals surface area (Å²) in [5.74, 6) is 0.392. The maximum atomic E-state index is 12.0. The van der Waals surface area contributed by atoms with Crippen LogP contribution in [-0.4, -0.2) is 32.3 Å². The van der Waals surface area contributed by atoms with Gasteiger partial charge in [-0.05, 0) is 24.5 Å². The van der Waals surface area contributed by atoms with Crippen LogP contribution < -0.4 is 10.6 Å². The fourth-order valence-corrected chi connectivity index (χ4v) is 1.75. The Kier molecular flexibility index (Phi) is 9.39. The van der Waals surface area contributed by atoms with Gasteiger partial charge in [0.15, 0.2) is 5.96 Å². The second-order valence-electron chi connectivity index (χ2n) is 4.47. The Labute approximate surface area is 140 Å². The van der Waals surface area contributed by atoms with Crippen molar-refractivity contribution in [2.45, 2.75) is 25.9 Å². The quantitative estimate of drug-likeness (QED) is 0.440. The van der Waals surface area contributed by atoms with E-state index in [0.717, 1.165) is 6.42 Å². The van der Waals surface area contributed by atoms with E-state index in [2.05, 4.69) is 15.6 Å². The molecule has 0 aliphatic heterocycles. The van der Waals surface area contributed by atoms with Gasteiger partial charge < -0.3 is 10.6 Å². The summed E-state index contributed by atoms with van der Waals surface area (Å²) in [4.78, 5) is 3.89. The molecule has 0 aliphatic rings. The van der Waals surface area contributed by atoms with Crippen molar-refractivity contribution >= 4 is 29.9 Å². The van der Waals surface area contributed by atoms with Crippen molar-refractivity contribution in [2.24, 2.45) is 4.99 Å². The fourth-order valence-electron chi connectivity index (χ4n) is 1.75. The molecule has 0 aromatic heterocycles. The summed E-state index contributed by atoms with van der Waals surface area (Å²) < 4.78 is 36.1. The number of nitrogens with one attached hydrogen (secondary N) is 2. The molecular formula is C14H21F3IN3. The summed E-state index contributed by atoms with van der Waals surface area (Å²) in [6.45, 7) is 2.48. The minimum absolute atomic E-state index is 0. The van der Waals surface area contributed by atoms with Crippen LogP contribution >= 0.6 is 24.0 Å². The van der Waals surface area contributed by atoms with Crippen molar-refractivity contribution in [1.29, 1.82) is 0 Å². The lowest BCUT2D eigenvalue weighted by atomic mass is 10.1. The van der Waals surface area contributed by atoms with Crippen molar-refractivity contribution in [3.63, 3.8) is 0 Å². The Bertz CT molecular complexity index is 447. The lowest BCUT2D eigenvalue weighted by molar-refractivity contribution is -0.132. The van der Waals surface area contributed by atoms with Gasteiger partial charge in [-0.25, -0.2) is 0 Å². The minimum Gasteiger partial charge on any atom is -0.356 e. The normalized spacial score (nSPS) is 11.8. The van der Waals surface area contributed by atoms with E-state index >= 15 is 0 Å². The van der Waals surface area contributed by atoms with Gasteiger partial charge in [0.25, 0.3) is 0 Å². The highest BCUT2D eigenvalue weighted by atomic mass is 127. The van der Waals surface area contributed by atoms with Crippen LogP contribution in [0.1, 0.15) is 17.5 Å². The SMILES string of the molecule is CN=C(NCCc1ccccc1C)NCCC(F)(F)F.I. The zero-order valence-electron chi connectivity index (χ0n) is 12.1. The summed E-state index contributed by atoms with van der Waals surface area (Å²) in [5.41, 5.74) is 2.42. The minimum atomic E-state index is -4.15. The molecule has 120 valence electrons. The van der Waals surface area contributed by atoms with Gasteiger partial charge in [0.2, 0.25) is 0 Å². The molecule has 2 N–H and O–H groups in total. The Morgan fingerprint density at radius 3 is 2.33 bits per heavy atom. The summed E-state index contributed by atoms with van der Waals surface area (Å²) >= 11 is 0. The number of hydrogen-bond donors (Lipinski definition) is 2. The first-order chi connectivity index (χ1) is 9.42. The van der Waals surface area contributed by atoms with Gasteiger partial charge >= 0.3 is 6.18 Å². The van der Waals surface area contributed by atoms with Crippen molar-refractivity contribution in [3.8, 4) is 0 Å². The highest BCUT2D eigenvalue weighted by Gasteiger charge is 2.26. The molecule has 0 unspecified atom stereocenters. The maximum Gasteiger partial charge on any atom is 0.390 e. The molecule has 0 aliphatic carbocycles. The average molecular weight is 415 g/mol. The molecule has 7 heteroatoms. The molecule has 0 amide bonds. The van der Waals surface area contributed by atoms with E-state index < -0.39 is 12.6 Å². The molecule has 3 nitrogen and oxygen atoms in total. The van der Waals surface area contributed by atoms with Crippen LogP contribution in [-0.2, 0) is 6.42 Å². The molecule has 1 aromatic rings. The lowest BCUT2D eigenvalue weighted by Crippen LogP contribution is -2.39. The first kappa shape index (κ1) is 20.0. The third-order valence-corrected chi connectivity index (χ3v) is 2.87. The highest BCUT2D eigenvalue weighted by Crippen LogP contribution is 2.18. The van der Waals surface area contributed by atoms with Crippen molar-refractivity contribution in [2.75, 3.05) is 20.1 Å². The Hall–Kier alpha value is -0.990. The monoisotopic (exact) mass is 415 g/mol. The largest absolute Gasteiger partial charge is 0.390 e. The smallest absolute Gasteiger partial charge is 0.356 e. The van der Waals surface area contributed by atoms with E-state index in [1.807, 2.05) is 31.2 Å². The highest BCUT2D eigenvalue weighted by molar-refractivity contribution is 14.0. The van der Waals surface area contributed by atoms with Crippen LogP contribution in [0.25, 0.3) is 0 Å². The number of rotatable bonds is 5. The maximum absolute atomic E-state index is 12.0. The number of hydrogen-bond acceptors (Lipinski definition) is 1. The average Bonchev–Trinajstić information content (AvgIpc) is 2.37. The van der Waals surface area contributed by atoms with Gasteiger partial charge in [-0.2, -0.15) is 13.2 Å². The first-order valence-electron chi connectivity index (χ1n) is 6.48. The second kappa shape index (κ2) is 9.86. The molecule has 0 fully saturated rings. The lowest BCUT2D eigenvalue weighted by Gasteiger charge is -2.13. The van der Waals surface area contributed by atoms with E-state index in [4.69, 9.17) is 0 Å². The number of nitrogens with zero attached hydrogens (tertiary/aromatic N) is 1. The van der Waals surface area contributed by atoms with Gasteiger partial charge in [-0.1, -0.05) is 24.3 Å². The van der Waals surface area contributed by atoms with Gasteiger partial charge in [0, 0.05) is 20.1 Å². The van der Waals surface area contributed by atoms with Crippen LogP contribution in [0.15, 0.2) is 29.3 Å².